The molecule has 0 saturated heterocycles. The summed E-state index contributed by atoms with van der Waals surface area (Å²) in [6.07, 6.45) is 0. The lowest BCUT2D eigenvalue weighted by atomic mass is 10.2. The molecule has 6 nitrogen and oxygen atoms in total. The van der Waals surface area contributed by atoms with Crippen LogP contribution in [0, 0.1) is 5.82 Å². The predicted molar refractivity (Wildman–Crippen MR) is 53.2 cm³/mol. The molecule has 0 amide bonds. The Bertz CT molecular complexity index is 567. The number of benzene rings is 1. The molecule has 0 saturated carbocycles. The van der Waals surface area contributed by atoms with Crippen LogP contribution in [0.3, 0.4) is 0 Å². The van der Waals surface area contributed by atoms with E-state index in [0.29, 0.717) is 5.56 Å². The van der Waals surface area contributed by atoms with Crippen molar-refractivity contribution in [2.24, 2.45) is 0 Å². The minimum atomic E-state index is -1.34. The van der Waals surface area contributed by atoms with Gasteiger partial charge in [-0.05, 0) is 18.2 Å². The van der Waals surface area contributed by atoms with Crippen LogP contribution in [0.25, 0.3) is 11.4 Å². The Morgan fingerprint density at radius 2 is 2.29 bits per heavy atom. The van der Waals surface area contributed by atoms with E-state index in [0.717, 1.165) is 6.07 Å². The molecule has 2 rings (SSSR count). The van der Waals surface area contributed by atoms with Crippen LogP contribution in [-0.4, -0.2) is 28.3 Å². The van der Waals surface area contributed by atoms with Crippen LogP contribution in [0.5, 0.6) is 5.75 Å². The highest BCUT2D eigenvalue weighted by molar-refractivity contribution is 5.82. The normalized spacial score (nSPS) is 10.2. The van der Waals surface area contributed by atoms with Gasteiger partial charge in [-0.25, -0.2) is 9.18 Å². The first-order valence-corrected chi connectivity index (χ1v) is 4.52. The standard InChI is InChI=1S/C10H7FN2O4/c1-16-7-3-2-5(4-6(7)11)8-12-9(10(14)15)17-13-8/h2-4H,1H3,(H,14,15). The second-order valence-corrected chi connectivity index (χ2v) is 3.08. The van der Waals surface area contributed by atoms with Gasteiger partial charge in [0.25, 0.3) is 0 Å². The SMILES string of the molecule is COc1ccc(-c2noc(C(=O)O)n2)cc1F. The number of carboxylic acid groups (broad SMARTS) is 1. The van der Waals surface area contributed by atoms with Gasteiger partial charge in [-0.3, -0.25) is 0 Å². The zero-order valence-electron chi connectivity index (χ0n) is 8.68. The predicted octanol–water partition coefficient (Wildman–Crippen LogP) is 1.58. The third-order valence-electron chi connectivity index (χ3n) is 2.02. The lowest BCUT2D eigenvalue weighted by molar-refractivity contribution is 0.0643. The molecule has 1 aromatic heterocycles. The monoisotopic (exact) mass is 238 g/mol. The summed E-state index contributed by atoms with van der Waals surface area (Å²) < 4.78 is 22.6. The number of ether oxygens (including phenoxy) is 1. The Morgan fingerprint density at radius 1 is 1.53 bits per heavy atom. The van der Waals surface area contributed by atoms with E-state index in [1.165, 1.54) is 19.2 Å². The van der Waals surface area contributed by atoms with Gasteiger partial charge in [0.15, 0.2) is 11.6 Å². The first-order valence-electron chi connectivity index (χ1n) is 4.52. The molecule has 1 N–H and O–H groups in total. The number of carbonyl (C=O) groups is 1. The summed E-state index contributed by atoms with van der Waals surface area (Å²) in [6, 6.07) is 4.02. The maximum Gasteiger partial charge on any atom is 0.394 e. The first-order chi connectivity index (χ1) is 8.11. The van der Waals surface area contributed by atoms with E-state index < -0.39 is 17.7 Å². The number of methoxy groups -OCH3 is 1. The number of hydrogen-bond acceptors (Lipinski definition) is 5. The summed E-state index contributed by atoms with van der Waals surface area (Å²) >= 11 is 0. The third kappa shape index (κ3) is 2.07. The van der Waals surface area contributed by atoms with Crippen molar-refractivity contribution in [3.63, 3.8) is 0 Å². The van der Waals surface area contributed by atoms with Crippen LogP contribution in [0.4, 0.5) is 4.39 Å². The van der Waals surface area contributed by atoms with Gasteiger partial charge in [0, 0.05) is 5.56 Å². The molecule has 0 atom stereocenters. The molecule has 0 radical (unpaired) electrons. The largest absolute Gasteiger partial charge is 0.494 e. The molecule has 0 aliphatic heterocycles. The molecule has 17 heavy (non-hydrogen) atoms. The summed E-state index contributed by atoms with van der Waals surface area (Å²) in [5.74, 6) is -2.39. The maximum atomic E-state index is 13.4. The average molecular weight is 238 g/mol. The fourth-order valence-electron chi connectivity index (χ4n) is 1.23. The van der Waals surface area contributed by atoms with Crippen LogP contribution in [0.1, 0.15) is 10.7 Å². The van der Waals surface area contributed by atoms with Crippen LogP contribution < -0.4 is 4.74 Å². The van der Waals surface area contributed by atoms with E-state index in [4.69, 9.17) is 9.84 Å². The lowest BCUT2D eigenvalue weighted by Crippen LogP contribution is -1.95. The van der Waals surface area contributed by atoms with Gasteiger partial charge >= 0.3 is 11.9 Å². The smallest absolute Gasteiger partial charge is 0.394 e. The number of halogens is 1. The van der Waals surface area contributed by atoms with E-state index in [9.17, 15) is 9.18 Å². The molecule has 7 heteroatoms. The fourth-order valence-corrected chi connectivity index (χ4v) is 1.23. The maximum absolute atomic E-state index is 13.4. The number of aromatic nitrogens is 2. The minimum Gasteiger partial charge on any atom is -0.494 e. The fraction of sp³-hybridized carbons (Fsp3) is 0.100. The molecule has 0 aliphatic carbocycles. The number of hydrogen-bond donors (Lipinski definition) is 1. The Balaban J connectivity index is 2.39. The van der Waals surface area contributed by atoms with Crippen molar-refractivity contribution >= 4 is 5.97 Å². The summed E-state index contributed by atoms with van der Waals surface area (Å²) in [4.78, 5) is 14.1. The van der Waals surface area contributed by atoms with Crippen molar-refractivity contribution < 1.29 is 23.6 Å². The quantitative estimate of drug-likeness (QED) is 0.873. The zero-order valence-corrected chi connectivity index (χ0v) is 8.68. The Hall–Kier alpha value is -2.44. The van der Waals surface area contributed by atoms with E-state index in [1.807, 2.05) is 0 Å². The van der Waals surface area contributed by atoms with E-state index in [-0.39, 0.29) is 11.6 Å². The van der Waals surface area contributed by atoms with Crippen molar-refractivity contribution in [1.29, 1.82) is 0 Å². The minimum absolute atomic E-state index is 0.00366. The molecule has 0 spiro atoms. The van der Waals surface area contributed by atoms with E-state index >= 15 is 0 Å². The molecule has 0 unspecified atom stereocenters. The Labute approximate surface area is 94.6 Å². The van der Waals surface area contributed by atoms with Crippen LogP contribution >= 0.6 is 0 Å². The number of carboxylic acids is 1. The molecule has 1 heterocycles. The van der Waals surface area contributed by atoms with Crippen molar-refractivity contribution in [3.8, 4) is 17.1 Å². The number of nitrogens with zero attached hydrogens (tertiary/aromatic N) is 2. The second kappa shape index (κ2) is 4.20. The topological polar surface area (TPSA) is 85.5 Å². The molecule has 0 bridgehead atoms. The van der Waals surface area contributed by atoms with Crippen molar-refractivity contribution in [2.75, 3.05) is 7.11 Å². The Morgan fingerprint density at radius 3 is 2.82 bits per heavy atom. The van der Waals surface area contributed by atoms with Crippen molar-refractivity contribution in [1.82, 2.24) is 10.1 Å². The van der Waals surface area contributed by atoms with Crippen LogP contribution in [0.15, 0.2) is 22.7 Å². The number of aromatic carboxylic acids is 1. The summed E-state index contributed by atoms with van der Waals surface area (Å²) in [7, 11) is 1.34. The van der Waals surface area contributed by atoms with E-state index in [2.05, 4.69) is 14.7 Å². The van der Waals surface area contributed by atoms with E-state index in [1.54, 1.807) is 0 Å². The zero-order chi connectivity index (χ0) is 12.4. The highest BCUT2D eigenvalue weighted by atomic mass is 19.1. The highest BCUT2D eigenvalue weighted by Crippen LogP contribution is 2.23. The van der Waals surface area contributed by atoms with Crippen LogP contribution in [-0.2, 0) is 0 Å². The highest BCUT2D eigenvalue weighted by Gasteiger charge is 2.15. The van der Waals surface area contributed by atoms with Gasteiger partial charge in [0.2, 0.25) is 5.82 Å². The second-order valence-electron chi connectivity index (χ2n) is 3.08. The molecular formula is C10H7FN2O4. The summed E-state index contributed by atoms with van der Waals surface area (Å²) in [5.41, 5.74) is 0.305. The average Bonchev–Trinajstić information content (AvgIpc) is 2.78. The third-order valence-corrected chi connectivity index (χ3v) is 2.02. The first kappa shape index (κ1) is 11.1. The van der Waals surface area contributed by atoms with Gasteiger partial charge in [-0.2, -0.15) is 4.98 Å². The molecule has 1 aromatic carbocycles. The molecular weight excluding hydrogens is 231 g/mol. The summed E-state index contributed by atoms with van der Waals surface area (Å²) in [5, 5.41) is 12.0. The van der Waals surface area contributed by atoms with Gasteiger partial charge in [0.1, 0.15) is 0 Å². The van der Waals surface area contributed by atoms with Gasteiger partial charge in [-0.1, -0.05) is 5.16 Å². The Kier molecular flexibility index (Phi) is 2.73. The van der Waals surface area contributed by atoms with Gasteiger partial charge in [-0.15, -0.1) is 0 Å². The van der Waals surface area contributed by atoms with Gasteiger partial charge in [0.05, 0.1) is 7.11 Å². The molecule has 0 fully saturated rings. The molecule has 88 valence electrons. The van der Waals surface area contributed by atoms with Gasteiger partial charge < -0.3 is 14.4 Å². The van der Waals surface area contributed by atoms with Crippen LogP contribution in [0.2, 0.25) is 0 Å². The number of rotatable bonds is 3. The summed E-state index contributed by atoms with van der Waals surface area (Å²) in [6.45, 7) is 0. The van der Waals surface area contributed by atoms with Crippen molar-refractivity contribution in [2.45, 2.75) is 0 Å². The molecule has 0 aliphatic rings. The van der Waals surface area contributed by atoms with Crippen molar-refractivity contribution in [3.05, 3.63) is 29.9 Å². The molecule has 2 aromatic rings. The lowest BCUT2D eigenvalue weighted by Gasteiger charge is -2.01.